The molecule has 1 aromatic carbocycles. The van der Waals surface area contributed by atoms with Gasteiger partial charge in [0.05, 0.1) is 11.2 Å². The quantitative estimate of drug-likeness (QED) is 0.719. The van der Waals surface area contributed by atoms with E-state index in [0.717, 1.165) is 44.5 Å². The van der Waals surface area contributed by atoms with Crippen LogP contribution in [0.15, 0.2) is 18.2 Å². The topological polar surface area (TPSA) is 92.6 Å². The molecule has 5 N–H and O–H groups in total. The second-order valence-electron chi connectivity index (χ2n) is 6.38. The number of anilines is 2. The molecule has 2 atom stereocenters. The Balaban J connectivity index is 1.87. The summed E-state index contributed by atoms with van der Waals surface area (Å²) in [5.41, 5.74) is 12.6. The van der Waals surface area contributed by atoms with Crippen LogP contribution < -0.4 is 16.4 Å². The van der Waals surface area contributed by atoms with Gasteiger partial charge in [-0.15, -0.1) is 0 Å². The van der Waals surface area contributed by atoms with E-state index in [0.29, 0.717) is 11.3 Å². The highest BCUT2D eigenvalue weighted by molar-refractivity contribution is 5.99. The highest BCUT2D eigenvalue weighted by Crippen LogP contribution is 2.41. The van der Waals surface area contributed by atoms with Gasteiger partial charge in [-0.25, -0.2) is 0 Å². The Kier molecular flexibility index (Phi) is 3.53. The van der Waals surface area contributed by atoms with Gasteiger partial charge < -0.3 is 21.5 Å². The zero-order valence-corrected chi connectivity index (χ0v) is 12.2. The number of nitrogen functional groups attached to an aromatic ring is 1. The monoisotopic (exact) mass is 289 g/mol. The van der Waals surface area contributed by atoms with E-state index in [4.69, 9.17) is 11.5 Å². The van der Waals surface area contributed by atoms with Crippen LogP contribution in [-0.4, -0.2) is 29.7 Å². The fourth-order valence-electron chi connectivity index (χ4n) is 3.82. The first-order valence-corrected chi connectivity index (χ1v) is 7.66. The van der Waals surface area contributed by atoms with Crippen LogP contribution in [0.5, 0.6) is 0 Å². The molecule has 3 rings (SSSR count). The highest BCUT2D eigenvalue weighted by Gasteiger charge is 2.43. The van der Waals surface area contributed by atoms with Gasteiger partial charge in [0, 0.05) is 30.4 Å². The molecular weight excluding hydrogens is 266 g/mol. The largest absolute Gasteiger partial charge is 0.399 e. The molecule has 21 heavy (non-hydrogen) atoms. The third-order valence-corrected chi connectivity index (χ3v) is 5.05. The third-order valence-electron chi connectivity index (χ3n) is 5.05. The van der Waals surface area contributed by atoms with Crippen molar-refractivity contribution >= 4 is 17.3 Å². The number of primary amides is 1. The number of piperidine rings is 1. The van der Waals surface area contributed by atoms with Crippen LogP contribution in [0.25, 0.3) is 0 Å². The standard InChI is InChI=1S/C16H23N3O2/c17-12-4-5-14(13(9-12)15(18)20)19-8-7-16(21)6-2-1-3-11(16)10-19/h4-5,9,11,21H,1-3,6-8,10,17H2,(H2,18,20). The Hall–Kier alpha value is -1.75. The Bertz CT molecular complexity index is 560. The molecule has 1 aromatic rings. The van der Waals surface area contributed by atoms with E-state index in [9.17, 15) is 9.90 Å². The Morgan fingerprint density at radius 3 is 2.90 bits per heavy atom. The average molecular weight is 289 g/mol. The molecule has 1 amide bonds. The number of rotatable bonds is 2. The number of fused-ring (bicyclic) bond motifs is 1. The predicted octanol–water partition coefficient (Wildman–Crippen LogP) is 1.50. The van der Waals surface area contributed by atoms with Crippen LogP contribution in [0.1, 0.15) is 42.5 Å². The van der Waals surface area contributed by atoms with Crippen LogP contribution in [0.2, 0.25) is 0 Å². The van der Waals surface area contributed by atoms with Gasteiger partial charge in [-0.05, 0) is 37.5 Å². The van der Waals surface area contributed by atoms with Crippen molar-refractivity contribution in [2.45, 2.75) is 37.7 Å². The van der Waals surface area contributed by atoms with E-state index >= 15 is 0 Å². The summed E-state index contributed by atoms with van der Waals surface area (Å²) < 4.78 is 0. The van der Waals surface area contributed by atoms with Crippen molar-refractivity contribution in [3.8, 4) is 0 Å². The summed E-state index contributed by atoms with van der Waals surface area (Å²) in [6, 6.07) is 5.30. The molecule has 5 heteroatoms. The number of carbonyl (C=O) groups is 1. The van der Waals surface area contributed by atoms with Crippen molar-refractivity contribution in [2.75, 3.05) is 23.7 Å². The Labute approximate surface area is 124 Å². The van der Waals surface area contributed by atoms with E-state index in [1.807, 2.05) is 6.07 Å². The molecule has 1 aliphatic carbocycles. The fourth-order valence-corrected chi connectivity index (χ4v) is 3.82. The molecular formula is C16H23N3O2. The molecule has 1 saturated heterocycles. The van der Waals surface area contributed by atoms with Gasteiger partial charge in [-0.2, -0.15) is 0 Å². The SMILES string of the molecule is NC(=O)c1cc(N)ccc1N1CCC2(O)CCCCC2C1. The van der Waals surface area contributed by atoms with Crippen molar-refractivity contribution < 1.29 is 9.90 Å². The van der Waals surface area contributed by atoms with Crippen LogP contribution in [0, 0.1) is 5.92 Å². The van der Waals surface area contributed by atoms with Crippen LogP contribution >= 0.6 is 0 Å². The maximum atomic E-state index is 11.7. The van der Waals surface area contributed by atoms with E-state index in [1.54, 1.807) is 12.1 Å². The molecule has 5 nitrogen and oxygen atoms in total. The van der Waals surface area contributed by atoms with Crippen LogP contribution in [0.3, 0.4) is 0 Å². The summed E-state index contributed by atoms with van der Waals surface area (Å²) in [5, 5.41) is 10.7. The summed E-state index contributed by atoms with van der Waals surface area (Å²) in [7, 11) is 0. The normalized spacial score (nSPS) is 29.0. The first-order valence-electron chi connectivity index (χ1n) is 7.66. The third kappa shape index (κ3) is 2.58. The van der Waals surface area contributed by atoms with Crippen LogP contribution in [-0.2, 0) is 0 Å². The van der Waals surface area contributed by atoms with E-state index < -0.39 is 11.5 Å². The lowest BCUT2D eigenvalue weighted by Crippen LogP contribution is -2.53. The van der Waals surface area contributed by atoms with Crippen molar-refractivity contribution in [3.63, 3.8) is 0 Å². The number of nitrogens with two attached hydrogens (primary N) is 2. The zero-order chi connectivity index (χ0) is 15.0. The van der Waals surface area contributed by atoms with Gasteiger partial charge >= 0.3 is 0 Å². The summed E-state index contributed by atoms with van der Waals surface area (Å²) >= 11 is 0. The molecule has 2 aliphatic rings. The minimum absolute atomic E-state index is 0.276. The molecule has 0 aromatic heterocycles. The molecule has 1 saturated carbocycles. The maximum Gasteiger partial charge on any atom is 0.250 e. The minimum atomic E-state index is -0.518. The fraction of sp³-hybridized carbons (Fsp3) is 0.562. The van der Waals surface area contributed by atoms with Gasteiger partial charge in [0.15, 0.2) is 0 Å². The molecule has 0 spiro atoms. The molecule has 114 valence electrons. The van der Waals surface area contributed by atoms with Gasteiger partial charge in [0.2, 0.25) is 0 Å². The highest BCUT2D eigenvalue weighted by atomic mass is 16.3. The van der Waals surface area contributed by atoms with Crippen molar-refractivity contribution in [3.05, 3.63) is 23.8 Å². The number of aliphatic hydroxyl groups is 1. The summed E-state index contributed by atoms with van der Waals surface area (Å²) in [6.07, 6.45) is 4.98. The molecule has 2 unspecified atom stereocenters. The lowest BCUT2D eigenvalue weighted by Gasteiger charge is -2.48. The second-order valence-corrected chi connectivity index (χ2v) is 6.38. The molecule has 0 radical (unpaired) electrons. The smallest absolute Gasteiger partial charge is 0.250 e. The predicted molar refractivity (Wildman–Crippen MR) is 83.1 cm³/mol. The summed E-state index contributed by atoms with van der Waals surface area (Å²) in [6.45, 7) is 1.53. The van der Waals surface area contributed by atoms with E-state index in [-0.39, 0.29) is 5.92 Å². The Morgan fingerprint density at radius 1 is 1.33 bits per heavy atom. The average Bonchev–Trinajstić information content (AvgIpc) is 2.46. The Morgan fingerprint density at radius 2 is 2.14 bits per heavy atom. The first kappa shape index (κ1) is 14.2. The van der Waals surface area contributed by atoms with Gasteiger partial charge in [-0.3, -0.25) is 4.79 Å². The van der Waals surface area contributed by atoms with E-state index in [2.05, 4.69) is 4.90 Å². The minimum Gasteiger partial charge on any atom is -0.399 e. The first-order chi connectivity index (χ1) is 9.99. The van der Waals surface area contributed by atoms with E-state index in [1.165, 1.54) is 6.42 Å². The number of amides is 1. The number of hydrogen-bond acceptors (Lipinski definition) is 4. The maximum absolute atomic E-state index is 11.7. The number of benzene rings is 1. The number of carbonyl (C=O) groups excluding carboxylic acids is 1. The van der Waals surface area contributed by atoms with Gasteiger partial charge in [0.1, 0.15) is 0 Å². The van der Waals surface area contributed by atoms with Crippen molar-refractivity contribution in [1.82, 2.24) is 0 Å². The summed E-state index contributed by atoms with van der Waals surface area (Å²) in [5.74, 6) is -0.181. The van der Waals surface area contributed by atoms with Crippen molar-refractivity contribution in [1.29, 1.82) is 0 Å². The lowest BCUT2D eigenvalue weighted by atomic mass is 9.71. The van der Waals surface area contributed by atoms with Crippen LogP contribution in [0.4, 0.5) is 11.4 Å². The zero-order valence-electron chi connectivity index (χ0n) is 12.2. The molecule has 1 heterocycles. The van der Waals surface area contributed by atoms with Gasteiger partial charge in [0.25, 0.3) is 5.91 Å². The molecule has 2 fully saturated rings. The number of nitrogens with zero attached hydrogens (tertiary/aromatic N) is 1. The van der Waals surface area contributed by atoms with Crippen molar-refractivity contribution in [2.24, 2.45) is 11.7 Å². The summed E-state index contributed by atoms with van der Waals surface area (Å²) in [4.78, 5) is 13.8. The molecule has 1 aliphatic heterocycles. The molecule has 0 bridgehead atoms. The lowest BCUT2D eigenvalue weighted by molar-refractivity contribution is -0.0612. The number of hydrogen-bond donors (Lipinski definition) is 3. The second kappa shape index (κ2) is 5.22. The van der Waals surface area contributed by atoms with Gasteiger partial charge in [-0.1, -0.05) is 12.8 Å².